The van der Waals surface area contributed by atoms with E-state index in [1.165, 1.54) is 0 Å². The first kappa shape index (κ1) is 6.87. The zero-order valence-corrected chi connectivity index (χ0v) is 6.15. The highest BCUT2D eigenvalue weighted by atomic mass is 15.6. The van der Waals surface area contributed by atoms with Crippen LogP contribution in [0.15, 0.2) is 5.10 Å². The van der Waals surface area contributed by atoms with Crippen LogP contribution in [0.25, 0.3) is 0 Å². The minimum Gasteiger partial charge on any atom is -0.331 e. The molecule has 0 saturated carbocycles. The second-order valence-corrected chi connectivity index (χ2v) is 2.15. The molecule has 0 aliphatic carbocycles. The molecule has 1 heterocycles. The molecule has 54 valence electrons. The summed E-state index contributed by atoms with van der Waals surface area (Å²) in [7, 11) is 1.84. The summed E-state index contributed by atoms with van der Waals surface area (Å²) in [4.78, 5) is 1.78. The van der Waals surface area contributed by atoms with Crippen molar-refractivity contribution >= 4 is 6.34 Å². The molecule has 4 heteroatoms. The second kappa shape index (κ2) is 2.56. The Labute approximate surface area is 60.3 Å². The normalized spacial score (nSPS) is 23.5. The number of hydrogen-bond donors (Lipinski definition) is 0. The van der Waals surface area contributed by atoms with Gasteiger partial charge in [-0.15, -0.1) is 0 Å². The van der Waals surface area contributed by atoms with Gasteiger partial charge in [0.2, 0.25) is 6.17 Å². The smallest absolute Gasteiger partial charge is 0.207 e. The maximum absolute atomic E-state index is 8.62. The lowest BCUT2D eigenvalue weighted by Gasteiger charge is -2.19. The highest BCUT2D eigenvalue weighted by molar-refractivity contribution is 5.57. The van der Waals surface area contributed by atoms with E-state index < -0.39 is 0 Å². The zero-order valence-electron chi connectivity index (χ0n) is 6.15. The van der Waals surface area contributed by atoms with E-state index in [0.29, 0.717) is 0 Å². The summed E-state index contributed by atoms with van der Waals surface area (Å²) in [6, 6.07) is 2.14. The van der Waals surface area contributed by atoms with Crippen LogP contribution >= 0.6 is 0 Å². The fraction of sp³-hybridized carbons (Fsp3) is 0.667. The summed E-state index contributed by atoms with van der Waals surface area (Å²) in [5.41, 5.74) is 0. The Morgan fingerprint density at radius 3 is 2.90 bits per heavy atom. The average Bonchev–Trinajstić information content (AvgIpc) is 2.30. The van der Waals surface area contributed by atoms with E-state index in [1.807, 2.05) is 14.0 Å². The van der Waals surface area contributed by atoms with E-state index in [9.17, 15) is 0 Å². The Morgan fingerprint density at radius 1 is 1.80 bits per heavy atom. The Kier molecular flexibility index (Phi) is 1.76. The highest BCUT2D eigenvalue weighted by Gasteiger charge is 2.22. The van der Waals surface area contributed by atoms with Crippen molar-refractivity contribution in [3.05, 3.63) is 0 Å². The van der Waals surface area contributed by atoms with Crippen LogP contribution in [0, 0.1) is 11.3 Å². The number of hydrazone groups is 1. The molecular formula is C6H10N4. The van der Waals surface area contributed by atoms with Gasteiger partial charge in [-0.1, -0.05) is 0 Å². The standard InChI is InChI=1S/C6H10N4/c1-3-10-6(4-7)9(2)5-8-10/h5-6H,3H2,1-2H3. The van der Waals surface area contributed by atoms with Gasteiger partial charge in [-0.05, 0) is 6.92 Å². The molecule has 0 aromatic carbocycles. The molecule has 0 bridgehead atoms. The summed E-state index contributed by atoms with van der Waals surface area (Å²) in [6.07, 6.45) is 1.46. The van der Waals surface area contributed by atoms with Crippen molar-refractivity contribution in [1.29, 1.82) is 5.26 Å². The summed E-state index contributed by atoms with van der Waals surface area (Å²) in [6.45, 7) is 2.75. The Bertz CT molecular complexity index is 181. The van der Waals surface area contributed by atoms with Crippen molar-refractivity contribution in [2.24, 2.45) is 5.10 Å². The number of rotatable bonds is 1. The van der Waals surface area contributed by atoms with Gasteiger partial charge in [-0.3, -0.25) is 5.01 Å². The minimum absolute atomic E-state index is 0.204. The second-order valence-electron chi connectivity index (χ2n) is 2.15. The van der Waals surface area contributed by atoms with Crippen LogP contribution in [-0.2, 0) is 0 Å². The molecule has 4 nitrogen and oxygen atoms in total. The average molecular weight is 138 g/mol. The highest BCUT2D eigenvalue weighted by Crippen LogP contribution is 2.07. The van der Waals surface area contributed by atoms with Crippen LogP contribution in [0.2, 0.25) is 0 Å². The molecule has 0 aromatic rings. The molecule has 0 radical (unpaired) electrons. The monoisotopic (exact) mass is 138 g/mol. The molecule has 0 aromatic heterocycles. The SMILES string of the molecule is CCN1N=CN(C)C1C#N. The number of nitriles is 1. The molecule has 1 aliphatic heterocycles. The molecule has 0 fully saturated rings. The van der Waals surface area contributed by atoms with Crippen LogP contribution in [0.4, 0.5) is 0 Å². The van der Waals surface area contributed by atoms with Gasteiger partial charge >= 0.3 is 0 Å². The summed E-state index contributed by atoms with van der Waals surface area (Å²) in [5, 5.41) is 14.4. The fourth-order valence-electron chi connectivity index (χ4n) is 0.897. The van der Waals surface area contributed by atoms with Crippen molar-refractivity contribution < 1.29 is 0 Å². The van der Waals surface area contributed by atoms with Gasteiger partial charge in [-0.25, -0.2) is 0 Å². The van der Waals surface area contributed by atoms with Gasteiger partial charge in [0, 0.05) is 13.6 Å². The molecule has 1 unspecified atom stereocenters. The zero-order chi connectivity index (χ0) is 7.56. The molecule has 0 spiro atoms. The van der Waals surface area contributed by atoms with Crippen molar-refractivity contribution in [1.82, 2.24) is 9.91 Å². The largest absolute Gasteiger partial charge is 0.331 e. The van der Waals surface area contributed by atoms with E-state index >= 15 is 0 Å². The Balaban J connectivity index is 2.64. The molecule has 0 N–H and O–H groups in total. The van der Waals surface area contributed by atoms with Crippen molar-refractivity contribution in [3.63, 3.8) is 0 Å². The van der Waals surface area contributed by atoms with E-state index in [1.54, 1.807) is 16.2 Å². The molecule has 1 atom stereocenters. The van der Waals surface area contributed by atoms with Crippen LogP contribution in [0.1, 0.15) is 6.92 Å². The molecule has 0 saturated heterocycles. The first-order chi connectivity index (χ1) is 4.79. The van der Waals surface area contributed by atoms with Gasteiger partial charge in [0.1, 0.15) is 12.4 Å². The summed E-state index contributed by atoms with van der Waals surface area (Å²) < 4.78 is 0. The van der Waals surface area contributed by atoms with E-state index in [-0.39, 0.29) is 6.17 Å². The predicted molar refractivity (Wildman–Crippen MR) is 38.0 cm³/mol. The van der Waals surface area contributed by atoms with Crippen LogP contribution in [-0.4, -0.2) is 36.0 Å². The summed E-state index contributed by atoms with van der Waals surface area (Å²) in [5.74, 6) is 0. The lowest BCUT2D eigenvalue weighted by molar-refractivity contribution is 0.204. The van der Waals surface area contributed by atoms with Gasteiger partial charge in [-0.2, -0.15) is 10.4 Å². The summed E-state index contributed by atoms with van der Waals surface area (Å²) >= 11 is 0. The number of nitrogens with zero attached hydrogens (tertiary/aromatic N) is 4. The van der Waals surface area contributed by atoms with Crippen LogP contribution < -0.4 is 0 Å². The minimum atomic E-state index is -0.204. The van der Waals surface area contributed by atoms with E-state index in [0.717, 1.165) is 6.54 Å². The lowest BCUT2D eigenvalue weighted by Crippen LogP contribution is -2.35. The first-order valence-electron chi connectivity index (χ1n) is 3.22. The molecular weight excluding hydrogens is 128 g/mol. The number of hydrogen-bond acceptors (Lipinski definition) is 4. The maximum Gasteiger partial charge on any atom is 0.207 e. The van der Waals surface area contributed by atoms with Crippen LogP contribution in [0.3, 0.4) is 0 Å². The van der Waals surface area contributed by atoms with Crippen LogP contribution in [0.5, 0.6) is 0 Å². The third-order valence-corrected chi connectivity index (χ3v) is 1.49. The third-order valence-electron chi connectivity index (χ3n) is 1.49. The molecule has 1 rings (SSSR count). The molecule has 10 heavy (non-hydrogen) atoms. The Morgan fingerprint density at radius 2 is 2.50 bits per heavy atom. The fourth-order valence-corrected chi connectivity index (χ4v) is 0.897. The van der Waals surface area contributed by atoms with Crippen molar-refractivity contribution in [2.75, 3.05) is 13.6 Å². The predicted octanol–water partition coefficient (Wildman–Crippen LogP) is 0.0467. The van der Waals surface area contributed by atoms with Crippen molar-refractivity contribution in [2.45, 2.75) is 13.1 Å². The third kappa shape index (κ3) is 0.903. The van der Waals surface area contributed by atoms with Crippen molar-refractivity contribution in [3.8, 4) is 6.07 Å². The maximum atomic E-state index is 8.62. The van der Waals surface area contributed by atoms with Gasteiger partial charge in [0.25, 0.3) is 0 Å². The topological polar surface area (TPSA) is 42.6 Å². The van der Waals surface area contributed by atoms with E-state index in [4.69, 9.17) is 5.26 Å². The molecule has 0 amide bonds. The van der Waals surface area contributed by atoms with Gasteiger partial charge < -0.3 is 4.90 Å². The quantitative estimate of drug-likeness (QED) is 0.514. The van der Waals surface area contributed by atoms with Gasteiger partial charge in [0.15, 0.2) is 0 Å². The lowest BCUT2D eigenvalue weighted by atomic mass is 10.5. The molecule has 1 aliphatic rings. The Hall–Kier alpha value is -1.24. The first-order valence-corrected chi connectivity index (χ1v) is 3.22. The van der Waals surface area contributed by atoms with E-state index in [2.05, 4.69) is 11.2 Å². The van der Waals surface area contributed by atoms with Gasteiger partial charge in [0.05, 0.1) is 0 Å².